The van der Waals surface area contributed by atoms with Gasteiger partial charge in [-0.1, -0.05) is 29.8 Å². The fraction of sp³-hybridized carbons (Fsp3) is 0.529. The molecule has 0 radical (unpaired) electrons. The summed E-state index contributed by atoms with van der Waals surface area (Å²) in [6.07, 6.45) is 1.11. The molecule has 0 saturated carbocycles. The molecule has 1 saturated heterocycles. The van der Waals surface area contributed by atoms with Crippen molar-refractivity contribution in [2.75, 3.05) is 39.0 Å². The summed E-state index contributed by atoms with van der Waals surface area (Å²) in [5.41, 5.74) is 1.93. The third kappa shape index (κ3) is 5.54. The molecular weight excluding hydrogens is 342 g/mol. The maximum absolute atomic E-state index is 12.5. The van der Waals surface area contributed by atoms with Gasteiger partial charge in [-0.05, 0) is 12.5 Å². The van der Waals surface area contributed by atoms with E-state index in [2.05, 4.69) is 0 Å². The molecule has 0 N–H and O–H groups in total. The lowest BCUT2D eigenvalue weighted by Crippen LogP contribution is -2.52. The predicted molar refractivity (Wildman–Crippen MR) is 95.3 cm³/mol. The van der Waals surface area contributed by atoms with Gasteiger partial charge in [-0.25, -0.2) is 8.42 Å². The number of rotatable bonds is 5. The first kappa shape index (κ1) is 19.4. The third-order valence-electron chi connectivity index (χ3n) is 4.34. The average Bonchev–Trinajstić information content (AvgIpc) is 2.55. The Morgan fingerprint density at radius 1 is 1.04 bits per heavy atom. The first-order valence-electron chi connectivity index (χ1n) is 8.21. The quantitative estimate of drug-likeness (QED) is 0.757. The standard InChI is InChI=1S/C17H25N3O4S/c1-14-4-6-16(7-5-14)12-20(25(3,23)24)13-17(22)19-10-8-18(9-11-19)15(2)21/h4-7H,8-13H2,1-3H3. The van der Waals surface area contributed by atoms with Crippen molar-refractivity contribution in [3.63, 3.8) is 0 Å². The predicted octanol–water partition coefficient (Wildman–Crippen LogP) is 0.447. The number of hydrogen-bond donors (Lipinski definition) is 0. The van der Waals surface area contributed by atoms with E-state index in [0.717, 1.165) is 17.4 Å². The van der Waals surface area contributed by atoms with Crippen molar-refractivity contribution < 1.29 is 18.0 Å². The van der Waals surface area contributed by atoms with E-state index in [-0.39, 0.29) is 24.9 Å². The van der Waals surface area contributed by atoms with Gasteiger partial charge in [0.05, 0.1) is 12.8 Å². The van der Waals surface area contributed by atoms with Gasteiger partial charge in [0.15, 0.2) is 0 Å². The summed E-state index contributed by atoms with van der Waals surface area (Å²) < 4.78 is 25.3. The van der Waals surface area contributed by atoms with Crippen LogP contribution >= 0.6 is 0 Å². The maximum atomic E-state index is 12.5. The van der Waals surface area contributed by atoms with Crippen LogP contribution in [-0.2, 0) is 26.2 Å². The van der Waals surface area contributed by atoms with Gasteiger partial charge in [-0.2, -0.15) is 4.31 Å². The molecule has 2 amide bonds. The van der Waals surface area contributed by atoms with Gasteiger partial charge < -0.3 is 9.80 Å². The number of aryl methyl sites for hydroxylation is 1. The first-order chi connectivity index (χ1) is 11.7. The zero-order valence-electron chi connectivity index (χ0n) is 14.9. The Morgan fingerprint density at radius 2 is 1.56 bits per heavy atom. The van der Waals surface area contributed by atoms with Crippen molar-refractivity contribution in [2.24, 2.45) is 0 Å². The number of nitrogens with zero attached hydrogens (tertiary/aromatic N) is 3. The normalized spacial score (nSPS) is 15.5. The van der Waals surface area contributed by atoms with Crippen molar-refractivity contribution in [3.05, 3.63) is 35.4 Å². The highest BCUT2D eigenvalue weighted by atomic mass is 32.2. The summed E-state index contributed by atoms with van der Waals surface area (Å²) >= 11 is 0. The minimum atomic E-state index is -3.51. The van der Waals surface area contributed by atoms with Gasteiger partial charge in [-0.3, -0.25) is 9.59 Å². The minimum Gasteiger partial charge on any atom is -0.339 e. The molecule has 2 rings (SSSR count). The van der Waals surface area contributed by atoms with Crippen LogP contribution in [0.15, 0.2) is 24.3 Å². The fourth-order valence-corrected chi connectivity index (χ4v) is 3.44. The van der Waals surface area contributed by atoms with Gasteiger partial charge in [0.1, 0.15) is 0 Å². The van der Waals surface area contributed by atoms with Crippen LogP contribution in [0, 0.1) is 6.92 Å². The molecule has 1 aromatic rings. The zero-order chi connectivity index (χ0) is 18.6. The maximum Gasteiger partial charge on any atom is 0.238 e. The Balaban J connectivity index is 2.01. The molecule has 0 spiro atoms. The van der Waals surface area contributed by atoms with Gasteiger partial charge >= 0.3 is 0 Å². The Labute approximate surface area is 149 Å². The van der Waals surface area contributed by atoms with Gasteiger partial charge in [0, 0.05) is 39.6 Å². The van der Waals surface area contributed by atoms with Crippen LogP contribution in [0.4, 0.5) is 0 Å². The monoisotopic (exact) mass is 367 g/mol. The summed E-state index contributed by atoms with van der Waals surface area (Å²) in [6.45, 7) is 5.27. The molecule has 8 heteroatoms. The van der Waals surface area contributed by atoms with Crippen LogP contribution in [0.2, 0.25) is 0 Å². The molecule has 138 valence electrons. The van der Waals surface area contributed by atoms with E-state index in [1.54, 1.807) is 9.80 Å². The summed E-state index contributed by atoms with van der Waals surface area (Å²) in [6, 6.07) is 7.56. The van der Waals surface area contributed by atoms with Crippen LogP contribution in [-0.4, -0.2) is 73.3 Å². The van der Waals surface area contributed by atoms with E-state index < -0.39 is 10.0 Å². The van der Waals surface area contributed by atoms with Crippen LogP contribution in [0.25, 0.3) is 0 Å². The highest BCUT2D eigenvalue weighted by Gasteiger charge is 2.26. The number of carbonyl (C=O) groups excluding carboxylic acids is 2. The molecule has 0 atom stereocenters. The second-order valence-corrected chi connectivity index (χ2v) is 8.39. The molecular formula is C17H25N3O4S. The molecule has 1 aliphatic heterocycles. The van der Waals surface area contributed by atoms with E-state index in [4.69, 9.17) is 0 Å². The van der Waals surface area contributed by atoms with E-state index in [9.17, 15) is 18.0 Å². The van der Waals surface area contributed by atoms with Crippen molar-refractivity contribution in [2.45, 2.75) is 20.4 Å². The zero-order valence-corrected chi connectivity index (χ0v) is 15.8. The Kier molecular flexibility index (Phi) is 6.18. The fourth-order valence-electron chi connectivity index (χ4n) is 2.71. The average molecular weight is 367 g/mol. The van der Waals surface area contributed by atoms with Gasteiger partial charge in [0.25, 0.3) is 0 Å². The number of benzene rings is 1. The second kappa shape index (κ2) is 7.97. The lowest BCUT2D eigenvalue weighted by molar-refractivity contribution is -0.138. The summed E-state index contributed by atoms with van der Waals surface area (Å²) in [4.78, 5) is 27.1. The Bertz CT molecular complexity index is 723. The smallest absolute Gasteiger partial charge is 0.238 e. The largest absolute Gasteiger partial charge is 0.339 e. The summed E-state index contributed by atoms with van der Waals surface area (Å²) in [7, 11) is -3.51. The minimum absolute atomic E-state index is 0.00997. The second-order valence-electron chi connectivity index (χ2n) is 6.40. The molecule has 0 bridgehead atoms. The van der Waals surface area contributed by atoms with Crippen molar-refractivity contribution >= 4 is 21.8 Å². The molecule has 1 fully saturated rings. The van der Waals surface area contributed by atoms with Gasteiger partial charge in [-0.15, -0.1) is 0 Å². The van der Waals surface area contributed by atoms with Crippen LogP contribution in [0.5, 0.6) is 0 Å². The van der Waals surface area contributed by atoms with E-state index in [1.807, 2.05) is 31.2 Å². The molecule has 1 aromatic carbocycles. The Hall–Kier alpha value is -1.93. The number of hydrogen-bond acceptors (Lipinski definition) is 4. The molecule has 25 heavy (non-hydrogen) atoms. The first-order valence-corrected chi connectivity index (χ1v) is 10.1. The highest BCUT2D eigenvalue weighted by Crippen LogP contribution is 2.11. The Morgan fingerprint density at radius 3 is 2.04 bits per heavy atom. The molecule has 7 nitrogen and oxygen atoms in total. The van der Waals surface area contributed by atoms with E-state index >= 15 is 0 Å². The lowest BCUT2D eigenvalue weighted by Gasteiger charge is -2.35. The van der Waals surface area contributed by atoms with E-state index in [1.165, 1.54) is 11.2 Å². The van der Waals surface area contributed by atoms with Crippen molar-refractivity contribution in [1.29, 1.82) is 0 Å². The molecule has 1 heterocycles. The number of piperazine rings is 1. The molecule has 0 unspecified atom stereocenters. The number of sulfonamides is 1. The molecule has 0 aliphatic carbocycles. The van der Waals surface area contributed by atoms with Crippen LogP contribution < -0.4 is 0 Å². The number of amides is 2. The highest BCUT2D eigenvalue weighted by molar-refractivity contribution is 7.88. The van der Waals surface area contributed by atoms with Crippen molar-refractivity contribution in [3.8, 4) is 0 Å². The van der Waals surface area contributed by atoms with Crippen LogP contribution in [0.3, 0.4) is 0 Å². The molecule has 0 aromatic heterocycles. The van der Waals surface area contributed by atoms with Gasteiger partial charge in [0.2, 0.25) is 21.8 Å². The van der Waals surface area contributed by atoms with Crippen molar-refractivity contribution in [1.82, 2.24) is 14.1 Å². The summed E-state index contributed by atoms with van der Waals surface area (Å²) in [5, 5.41) is 0. The lowest BCUT2D eigenvalue weighted by atomic mass is 10.1. The van der Waals surface area contributed by atoms with Crippen LogP contribution in [0.1, 0.15) is 18.1 Å². The molecule has 1 aliphatic rings. The topological polar surface area (TPSA) is 78.0 Å². The number of carbonyl (C=O) groups is 2. The van der Waals surface area contributed by atoms with E-state index in [0.29, 0.717) is 26.2 Å². The third-order valence-corrected chi connectivity index (χ3v) is 5.53. The summed E-state index contributed by atoms with van der Waals surface area (Å²) in [5.74, 6) is -0.245. The SMILES string of the molecule is CC(=O)N1CCN(C(=O)CN(Cc2ccc(C)cc2)S(C)(=O)=O)CC1.